The third-order valence-electron chi connectivity index (χ3n) is 1.16. The fraction of sp³-hybridized carbons (Fsp3) is 1.00. The van der Waals surface area contributed by atoms with E-state index in [1.54, 1.807) is 0 Å². The largest absolute Gasteiger partial charge is 0.314 e. The quantitative estimate of drug-likeness (QED) is 0.681. The Hall–Kier alpha value is 0.650. The lowest BCUT2D eigenvalue weighted by Crippen LogP contribution is -2.22. The van der Waals surface area contributed by atoms with Crippen molar-refractivity contribution in [1.29, 1.82) is 0 Å². The highest BCUT2D eigenvalue weighted by molar-refractivity contribution is 14.1. The number of rotatable bonds is 5. The van der Waals surface area contributed by atoms with Crippen molar-refractivity contribution in [3.63, 3.8) is 0 Å². The summed E-state index contributed by atoms with van der Waals surface area (Å²) in [6.07, 6.45) is 1.22. The maximum atomic E-state index is 4.89. The molecule has 0 aromatic rings. The van der Waals surface area contributed by atoms with E-state index in [9.17, 15) is 0 Å². The SMILES string of the molecule is CCCN(C)CCOI. The Kier molecular flexibility index (Phi) is 7.25. The summed E-state index contributed by atoms with van der Waals surface area (Å²) in [6, 6.07) is 0. The van der Waals surface area contributed by atoms with Crippen molar-refractivity contribution in [2.24, 2.45) is 0 Å². The van der Waals surface area contributed by atoms with Crippen LogP contribution in [0.4, 0.5) is 0 Å². The first-order chi connectivity index (χ1) is 4.31. The first kappa shape index (κ1) is 9.65. The minimum absolute atomic E-state index is 0.830. The first-order valence-corrected chi connectivity index (χ1v) is 4.11. The van der Waals surface area contributed by atoms with Crippen molar-refractivity contribution in [2.45, 2.75) is 13.3 Å². The normalized spacial score (nSPS) is 10.7. The zero-order valence-electron chi connectivity index (χ0n) is 6.06. The second-order valence-corrected chi connectivity index (χ2v) is 2.74. The molecule has 2 nitrogen and oxygen atoms in total. The fourth-order valence-corrected chi connectivity index (χ4v) is 0.881. The van der Waals surface area contributed by atoms with Gasteiger partial charge in [0, 0.05) is 6.54 Å². The zero-order valence-corrected chi connectivity index (χ0v) is 8.22. The molecular weight excluding hydrogens is 229 g/mol. The maximum absolute atomic E-state index is 4.89. The molecule has 3 heteroatoms. The van der Waals surface area contributed by atoms with E-state index in [0.29, 0.717) is 0 Å². The molecule has 0 rings (SSSR count). The van der Waals surface area contributed by atoms with Gasteiger partial charge in [0.15, 0.2) is 0 Å². The molecule has 0 radical (unpaired) electrons. The number of halogens is 1. The molecule has 0 saturated heterocycles. The summed E-state index contributed by atoms with van der Waals surface area (Å²) >= 11 is 1.92. The van der Waals surface area contributed by atoms with Gasteiger partial charge in [0.05, 0.1) is 6.61 Å². The van der Waals surface area contributed by atoms with Gasteiger partial charge in [-0.3, -0.25) is 0 Å². The molecule has 0 aliphatic carbocycles. The number of hydrogen-bond acceptors (Lipinski definition) is 2. The van der Waals surface area contributed by atoms with E-state index < -0.39 is 0 Å². The minimum Gasteiger partial charge on any atom is -0.314 e. The Morgan fingerprint density at radius 1 is 1.44 bits per heavy atom. The van der Waals surface area contributed by atoms with Crippen molar-refractivity contribution in [2.75, 3.05) is 26.7 Å². The molecule has 0 heterocycles. The molecule has 0 unspecified atom stereocenters. The van der Waals surface area contributed by atoms with Crippen molar-refractivity contribution in [3.05, 3.63) is 0 Å². The van der Waals surface area contributed by atoms with Gasteiger partial charge in [0.2, 0.25) is 0 Å². The molecule has 0 amide bonds. The van der Waals surface area contributed by atoms with Crippen LogP contribution >= 0.6 is 23.0 Å². The smallest absolute Gasteiger partial charge is 0.109 e. The summed E-state index contributed by atoms with van der Waals surface area (Å²) in [5.74, 6) is 0. The van der Waals surface area contributed by atoms with Gasteiger partial charge in [-0.2, -0.15) is 0 Å². The van der Waals surface area contributed by atoms with Crippen molar-refractivity contribution in [1.82, 2.24) is 4.90 Å². The monoisotopic (exact) mass is 243 g/mol. The van der Waals surface area contributed by atoms with Crippen LogP contribution in [0, 0.1) is 0 Å². The molecule has 0 spiro atoms. The standard InChI is InChI=1S/C6H14INO/c1-3-4-8(2)5-6-9-7/h3-6H2,1-2H3. The maximum Gasteiger partial charge on any atom is 0.109 e. The van der Waals surface area contributed by atoms with E-state index in [0.717, 1.165) is 13.2 Å². The topological polar surface area (TPSA) is 12.5 Å². The van der Waals surface area contributed by atoms with Crippen LogP contribution < -0.4 is 0 Å². The summed E-state index contributed by atoms with van der Waals surface area (Å²) < 4.78 is 4.89. The molecule has 0 saturated carbocycles. The van der Waals surface area contributed by atoms with E-state index >= 15 is 0 Å². The average Bonchev–Trinajstić information content (AvgIpc) is 1.85. The summed E-state index contributed by atoms with van der Waals surface area (Å²) in [5.41, 5.74) is 0. The van der Waals surface area contributed by atoms with Gasteiger partial charge in [0.1, 0.15) is 23.0 Å². The lowest BCUT2D eigenvalue weighted by Gasteiger charge is -2.13. The molecule has 0 bridgehead atoms. The van der Waals surface area contributed by atoms with Crippen molar-refractivity contribution in [3.8, 4) is 0 Å². The molecule has 0 aromatic heterocycles. The molecule has 56 valence electrons. The van der Waals surface area contributed by atoms with Crippen LogP contribution in [0.15, 0.2) is 0 Å². The molecule has 0 aliphatic heterocycles. The number of nitrogens with zero attached hydrogens (tertiary/aromatic N) is 1. The van der Waals surface area contributed by atoms with Crippen molar-refractivity contribution >= 4 is 23.0 Å². The first-order valence-electron chi connectivity index (χ1n) is 3.23. The highest BCUT2D eigenvalue weighted by Gasteiger charge is 1.93. The lowest BCUT2D eigenvalue weighted by molar-refractivity contribution is 0.279. The fourth-order valence-electron chi connectivity index (χ4n) is 0.684. The zero-order chi connectivity index (χ0) is 7.11. The van der Waals surface area contributed by atoms with E-state index in [1.807, 2.05) is 23.0 Å². The van der Waals surface area contributed by atoms with Crippen LogP contribution in [0.1, 0.15) is 13.3 Å². The second kappa shape index (κ2) is 6.77. The van der Waals surface area contributed by atoms with Gasteiger partial charge < -0.3 is 7.97 Å². The molecule has 9 heavy (non-hydrogen) atoms. The Balaban J connectivity index is 2.95. The van der Waals surface area contributed by atoms with E-state index in [-0.39, 0.29) is 0 Å². The van der Waals surface area contributed by atoms with Crippen LogP contribution in [0.25, 0.3) is 0 Å². The average molecular weight is 243 g/mol. The van der Waals surface area contributed by atoms with Gasteiger partial charge in [0.25, 0.3) is 0 Å². The summed E-state index contributed by atoms with van der Waals surface area (Å²) in [7, 11) is 2.11. The Morgan fingerprint density at radius 3 is 2.56 bits per heavy atom. The van der Waals surface area contributed by atoms with Crippen LogP contribution in [-0.4, -0.2) is 31.6 Å². The summed E-state index contributed by atoms with van der Waals surface area (Å²) in [5, 5.41) is 0. The lowest BCUT2D eigenvalue weighted by atomic mass is 10.4. The highest BCUT2D eigenvalue weighted by Crippen LogP contribution is 1.89. The van der Waals surface area contributed by atoms with Gasteiger partial charge in [-0.1, -0.05) is 6.92 Å². The Bertz CT molecular complexity index is 61.0. The van der Waals surface area contributed by atoms with Crippen LogP contribution in [0.5, 0.6) is 0 Å². The molecule has 0 aromatic carbocycles. The summed E-state index contributed by atoms with van der Waals surface area (Å²) in [6.45, 7) is 5.22. The van der Waals surface area contributed by atoms with E-state index in [2.05, 4.69) is 18.9 Å². The molecule has 0 atom stereocenters. The van der Waals surface area contributed by atoms with E-state index in [1.165, 1.54) is 13.0 Å². The number of hydrogen-bond donors (Lipinski definition) is 0. The van der Waals surface area contributed by atoms with E-state index in [4.69, 9.17) is 3.07 Å². The van der Waals surface area contributed by atoms with Crippen molar-refractivity contribution < 1.29 is 3.07 Å². The third kappa shape index (κ3) is 6.54. The van der Waals surface area contributed by atoms with Gasteiger partial charge in [-0.15, -0.1) is 0 Å². The predicted octanol–water partition coefficient (Wildman–Crippen LogP) is 1.69. The molecule has 0 N–H and O–H groups in total. The molecular formula is C6H14INO. The van der Waals surface area contributed by atoms with Crippen LogP contribution in [0.2, 0.25) is 0 Å². The third-order valence-corrected chi connectivity index (χ3v) is 1.60. The van der Waals surface area contributed by atoms with Gasteiger partial charge in [-0.05, 0) is 20.0 Å². The second-order valence-electron chi connectivity index (χ2n) is 2.12. The molecule has 0 aliphatic rings. The number of likely N-dealkylation sites (N-methyl/N-ethyl adjacent to an activating group) is 1. The molecule has 0 fully saturated rings. The van der Waals surface area contributed by atoms with Crippen LogP contribution in [0.3, 0.4) is 0 Å². The Morgan fingerprint density at radius 2 is 2.11 bits per heavy atom. The van der Waals surface area contributed by atoms with Gasteiger partial charge >= 0.3 is 0 Å². The Labute approximate surface area is 71.3 Å². The predicted molar refractivity (Wildman–Crippen MR) is 47.8 cm³/mol. The summed E-state index contributed by atoms with van der Waals surface area (Å²) in [4.78, 5) is 2.26. The van der Waals surface area contributed by atoms with Gasteiger partial charge in [-0.25, -0.2) is 0 Å². The van der Waals surface area contributed by atoms with Crippen LogP contribution in [-0.2, 0) is 3.07 Å². The highest BCUT2D eigenvalue weighted by atomic mass is 127. The minimum atomic E-state index is 0.830.